The Balaban J connectivity index is 1.33. The summed E-state index contributed by atoms with van der Waals surface area (Å²) in [5.41, 5.74) is 3.70. The molecule has 0 fully saturated rings. The summed E-state index contributed by atoms with van der Waals surface area (Å²) >= 11 is 0. The first-order valence-corrected chi connectivity index (χ1v) is 13.1. The van der Waals surface area contributed by atoms with Gasteiger partial charge in [-0.15, -0.1) is 0 Å². The number of fused-ring (bicyclic) bond motifs is 1. The molecule has 0 saturated carbocycles. The Bertz CT molecular complexity index is 1280. The van der Waals surface area contributed by atoms with E-state index in [0.29, 0.717) is 42.8 Å². The van der Waals surface area contributed by atoms with Crippen LogP contribution in [0.25, 0.3) is 11.4 Å². The van der Waals surface area contributed by atoms with Crippen LogP contribution in [0.4, 0.5) is 8.78 Å². The number of hydrogen-bond donors (Lipinski definition) is 0. The highest BCUT2D eigenvalue weighted by Crippen LogP contribution is 2.28. The Morgan fingerprint density at radius 1 is 1.03 bits per heavy atom. The largest absolute Gasteiger partial charge is 0.490 e. The zero-order chi connectivity index (χ0) is 24.3. The van der Waals surface area contributed by atoms with Gasteiger partial charge in [0.05, 0.1) is 18.4 Å². The van der Waals surface area contributed by atoms with Crippen LogP contribution >= 0.6 is 0 Å². The first-order chi connectivity index (χ1) is 16.2. The molecule has 1 aliphatic heterocycles. The van der Waals surface area contributed by atoms with Crippen LogP contribution in [-0.4, -0.2) is 42.1 Å². The molecule has 0 amide bonds. The molecule has 180 valence electrons. The Hall–Kier alpha value is -2.91. The molecule has 0 atom stereocenters. The molecule has 9 heteroatoms. The molecule has 1 aliphatic rings. The summed E-state index contributed by atoms with van der Waals surface area (Å²) in [4.78, 5) is 8.47. The summed E-state index contributed by atoms with van der Waals surface area (Å²) in [7, 11) is -3.31. The van der Waals surface area contributed by atoms with Crippen LogP contribution in [-0.2, 0) is 35.8 Å². The SMILES string of the molecule is CCc1cnc(-c2ccc(CCCOc3cc4c(cc3F)CN(S(C)(=O)=O)CC4)cc2F)nc1. The van der Waals surface area contributed by atoms with Crippen LogP contribution in [0.5, 0.6) is 5.75 Å². The quantitative estimate of drug-likeness (QED) is 0.443. The normalized spacial score (nSPS) is 14.1. The highest BCUT2D eigenvalue weighted by Gasteiger charge is 2.24. The number of rotatable bonds is 8. The second kappa shape index (κ2) is 10.1. The first-order valence-electron chi connectivity index (χ1n) is 11.2. The fourth-order valence-corrected chi connectivity index (χ4v) is 4.75. The Labute approximate surface area is 198 Å². The van der Waals surface area contributed by atoms with Gasteiger partial charge in [0.1, 0.15) is 5.82 Å². The molecule has 0 saturated heterocycles. The molecule has 2 heterocycles. The van der Waals surface area contributed by atoms with Crippen molar-refractivity contribution >= 4 is 10.0 Å². The minimum absolute atomic E-state index is 0.153. The van der Waals surface area contributed by atoms with Gasteiger partial charge in [-0.05, 0) is 72.2 Å². The van der Waals surface area contributed by atoms with Crippen LogP contribution in [0, 0.1) is 11.6 Å². The van der Waals surface area contributed by atoms with E-state index in [-0.39, 0.29) is 24.7 Å². The van der Waals surface area contributed by atoms with Crippen LogP contribution in [0.15, 0.2) is 42.7 Å². The summed E-state index contributed by atoms with van der Waals surface area (Å²) in [5.74, 6) is -0.391. The monoisotopic (exact) mass is 487 g/mol. The van der Waals surface area contributed by atoms with Crippen molar-refractivity contribution in [1.82, 2.24) is 14.3 Å². The lowest BCUT2D eigenvalue weighted by Gasteiger charge is -2.27. The van der Waals surface area contributed by atoms with E-state index in [9.17, 15) is 17.2 Å². The highest BCUT2D eigenvalue weighted by atomic mass is 32.2. The minimum Gasteiger partial charge on any atom is -0.490 e. The molecule has 0 bridgehead atoms. The summed E-state index contributed by atoms with van der Waals surface area (Å²) in [6.07, 6.45) is 7.05. The number of ether oxygens (including phenoxy) is 1. The van der Waals surface area contributed by atoms with Gasteiger partial charge < -0.3 is 4.74 Å². The Morgan fingerprint density at radius 2 is 1.79 bits per heavy atom. The van der Waals surface area contributed by atoms with Crippen molar-refractivity contribution in [2.24, 2.45) is 0 Å². The van der Waals surface area contributed by atoms with Crippen LogP contribution in [0.3, 0.4) is 0 Å². The predicted octanol–water partition coefficient (Wildman–Crippen LogP) is 4.31. The maximum absolute atomic E-state index is 14.6. The molecule has 0 N–H and O–H groups in total. The van der Waals surface area contributed by atoms with E-state index in [4.69, 9.17) is 4.74 Å². The van der Waals surface area contributed by atoms with Crippen molar-refractivity contribution in [2.45, 2.75) is 39.2 Å². The van der Waals surface area contributed by atoms with E-state index in [1.807, 2.05) is 13.0 Å². The lowest BCUT2D eigenvalue weighted by molar-refractivity contribution is 0.294. The van der Waals surface area contributed by atoms with Crippen molar-refractivity contribution in [1.29, 1.82) is 0 Å². The van der Waals surface area contributed by atoms with E-state index in [0.717, 1.165) is 29.4 Å². The zero-order valence-corrected chi connectivity index (χ0v) is 20.0. The molecule has 34 heavy (non-hydrogen) atoms. The first kappa shape index (κ1) is 24.2. The third-order valence-electron chi connectivity index (χ3n) is 5.96. The smallest absolute Gasteiger partial charge is 0.211 e. The minimum atomic E-state index is -3.31. The standard InChI is InChI=1S/C25H27F2N3O3S/c1-3-17-14-28-25(29-15-17)21-7-6-18(11-22(21)26)5-4-10-33-24-13-19-8-9-30(34(2,31)32)16-20(19)12-23(24)27/h6-7,11-15H,3-5,8-10,16H2,1-2H3. The number of hydrogen-bond acceptors (Lipinski definition) is 5. The van der Waals surface area contributed by atoms with Crippen molar-refractivity contribution in [3.63, 3.8) is 0 Å². The molecule has 0 aliphatic carbocycles. The second-order valence-corrected chi connectivity index (χ2v) is 10.4. The molecular weight excluding hydrogens is 460 g/mol. The zero-order valence-electron chi connectivity index (χ0n) is 19.2. The van der Waals surface area contributed by atoms with Gasteiger partial charge in [-0.1, -0.05) is 13.0 Å². The lowest BCUT2D eigenvalue weighted by atomic mass is 10.0. The Morgan fingerprint density at radius 3 is 2.47 bits per heavy atom. The van der Waals surface area contributed by atoms with Gasteiger partial charge in [-0.3, -0.25) is 0 Å². The fraction of sp³-hybridized carbons (Fsp3) is 0.360. The van der Waals surface area contributed by atoms with Crippen LogP contribution in [0.1, 0.15) is 35.6 Å². The molecule has 3 aromatic rings. The van der Waals surface area contributed by atoms with Gasteiger partial charge in [0.2, 0.25) is 10.0 Å². The van der Waals surface area contributed by atoms with Gasteiger partial charge in [-0.2, -0.15) is 4.31 Å². The average Bonchev–Trinajstić information content (AvgIpc) is 2.81. The number of aryl methyl sites for hydroxylation is 2. The molecule has 6 nitrogen and oxygen atoms in total. The number of aromatic nitrogens is 2. The number of benzene rings is 2. The second-order valence-electron chi connectivity index (χ2n) is 8.43. The van der Waals surface area contributed by atoms with E-state index in [1.54, 1.807) is 24.5 Å². The molecule has 2 aromatic carbocycles. The molecule has 0 radical (unpaired) electrons. The van der Waals surface area contributed by atoms with Gasteiger partial charge >= 0.3 is 0 Å². The van der Waals surface area contributed by atoms with Gasteiger partial charge in [0, 0.05) is 25.5 Å². The molecule has 0 unspecified atom stereocenters. The lowest BCUT2D eigenvalue weighted by Crippen LogP contribution is -2.35. The summed E-state index contributed by atoms with van der Waals surface area (Å²) in [6, 6.07) is 7.99. The maximum atomic E-state index is 14.6. The third kappa shape index (κ3) is 5.59. The third-order valence-corrected chi connectivity index (χ3v) is 7.21. The van der Waals surface area contributed by atoms with Crippen molar-refractivity contribution in [3.8, 4) is 17.1 Å². The Kier molecular flexibility index (Phi) is 7.23. The fourth-order valence-electron chi connectivity index (χ4n) is 3.95. The molecule has 4 rings (SSSR count). The molecule has 1 aromatic heterocycles. The van der Waals surface area contributed by atoms with E-state index >= 15 is 0 Å². The predicted molar refractivity (Wildman–Crippen MR) is 126 cm³/mol. The van der Waals surface area contributed by atoms with Crippen LogP contribution < -0.4 is 4.74 Å². The van der Waals surface area contributed by atoms with E-state index < -0.39 is 15.8 Å². The number of halogens is 2. The molecular formula is C25H27F2N3O3S. The van der Waals surface area contributed by atoms with Crippen molar-refractivity contribution < 1.29 is 21.9 Å². The van der Waals surface area contributed by atoms with Crippen molar-refractivity contribution in [3.05, 3.63) is 76.6 Å². The maximum Gasteiger partial charge on any atom is 0.211 e. The number of sulfonamides is 1. The van der Waals surface area contributed by atoms with Gasteiger partial charge in [0.15, 0.2) is 17.4 Å². The van der Waals surface area contributed by atoms with Crippen molar-refractivity contribution in [2.75, 3.05) is 19.4 Å². The van der Waals surface area contributed by atoms with Crippen LogP contribution in [0.2, 0.25) is 0 Å². The van der Waals surface area contributed by atoms with E-state index in [2.05, 4.69) is 9.97 Å². The van der Waals surface area contributed by atoms with E-state index in [1.165, 1.54) is 16.4 Å². The van der Waals surface area contributed by atoms with Gasteiger partial charge in [0.25, 0.3) is 0 Å². The summed E-state index contributed by atoms with van der Waals surface area (Å²) in [6.45, 7) is 2.81. The summed E-state index contributed by atoms with van der Waals surface area (Å²) in [5, 5.41) is 0. The highest BCUT2D eigenvalue weighted by molar-refractivity contribution is 7.88. The topological polar surface area (TPSA) is 72.4 Å². The molecule has 0 spiro atoms. The average molecular weight is 488 g/mol. The van der Waals surface area contributed by atoms with Gasteiger partial charge in [-0.25, -0.2) is 27.2 Å². The summed E-state index contributed by atoms with van der Waals surface area (Å²) < 4.78 is 59.6. The number of nitrogens with zero attached hydrogens (tertiary/aromatic N) is 3.